The van der Waals surface area contributed by atoms with Crippen molar-refractivity contribution >= 4 is 11.8 Å². The van der Waals surface area contributed by atoms with E-state index < -0.39 is 0 Å². The van der Waals surface area contributed by atoms with Crippen LogP contribution in [0.5, 0.6) is 0 Å². The van der Waals surface area contributed by atoms with Crippen molar-refractivity contribution in [2.45, 2.75) is 50.2 Å². The van der Waals surface area contributed by atoms with Gasteiger partial charge in [-0.2, -0.15) is 0 Å². The molecule has 110 valence electrons. The van der Waals surface area contributed by atoms with E-state index in [4.69, 9.17) is 0 Å². The minimum atomic E-state index is -0.341. The molecule has 1 aromatic rings. The van der Waals surface area contributed by atoms with Crippen LogP contribution in [0.15, 0.2) is 30.3 Å². The van der Waals surface area contributed by atoms with E-state index in [9.17, 15) is 9.59 Å². The van der Waals surface area contributed by atoms with E-state index in [0.717, 1.165) is 19.3 Å². The Morgan fingerprint density at radius 2 is 1.86 bits per heavy atom. The summed E-state index contributed by atoms with van der Waals surface area (Å²) in [6.07, 6.45) is 3.10. The Hall–Kier alpha value is -1.84. The second kappa shape index (κ2) is 4.58. The molecule has 1 aromatic carbocycles. The molecule has 4 rings (SSSR count). The van der Waals surface area contributed by atoms with E-state index in [1.807, 2.05) is 30.0 Å². The highest BCUT2D eigenvalue weighted by Gasteiger charge is 2.53. The van der Waals surface area contributed by atoms with Crippen LogP contribution >= 0.6 is 0 Å². The van der Waals surface area contributed by atoms with Gasteiger partial charge in [0.2, 0.25) is 11.8 Å². The first-order valence-electron chi connectivity index (χ1n) is 7.84. The number of hydrogen-bond donors (Lipinski definition) is 1. The number of rotatable bonds is 3. The molecular weight excluding hydrogens is 264 g/mol. The average molecular weight is 284 g/mol. The van der Waals surface area contributed by atoms with E-state index in [0.29, 0.717) is 11.8 Å². The lowest BCUT2D eigenvalue weighted by molar-refractivity contribution is -0.150. The first kappa shape index (κ1) is 12.9. The van der Waals surface area contributed by atoms with Crippen LogP contribution in [0.25, 0.3) is 0 Å². The lowest BCUT2D eigenvalue weighted by atomic mass is 10.0. The zero-order valence-corrected chi connectivity index (χ0v) is 12.2. The Labute approximate surface area is 124 Å². The average Bonchev–Trinajstić information content (AvgIpc) is 3.36. The summed E-state index contributed by atoms with van der Waals surface area (Å²) in [7, 11) is 0. The molecule has 1 saturated heterocycles. The largest absolute Gasteiger partial charge is 0.342 e. The van der Waals surface area contributed by atoms with Crippen LogP contribution in [0.2, 0.25) is 0 Å². The Bertz CT molecular complexity index is 582. The standard InChI is InChI=1S/C17H20N2O2/c1-10-16(20)18-15(12-7-8-12)17(21)19(10)14-9-13(14)11-5-3-2-4-6-11/h2-6,10,12-15H,7-9H2,1H3,(H,18,20). The molecule has 2 saturated carbocycles. The lowest BCUT2D eigenvalue weighted by Gasteiger charge is -2.38. The fourth-order valence-corrected chi connectivity index (χ4v) is 3.56. The Balaban J connectivity index is 1.56. The van der Waals surface area contributed by atoms with Crippen LogP contribution in [-0.4, -0.2) is 34.8 Å². The number of hydrogen-bond acceptors (Lipinski definition) is 2. The Morgan fingerprint density at radius 3 is 2.52 bits per heavy atom. The molecule has 4 heteroatoms. The third kappa shape index (κ3) is 2.13. The van der Waals surface area contributed by atoms with Crippen molar-refractivity contribution in [3.63, 3.8) is 0 Å². The predicted molar refractivity (Wildman–Crippen MR) is 78.6 cm³/mol. The molecule has 0 bridgehead atoms. The van der Waals surface area contributed by atoms with Crippen LogP contribution in [0.3, 0.4) is 0 Å². The summed E-state index contributed by atoms with van der Waals surface area (Å²) in [5, 5.41) is 2.91. The molecule has 4 atom stereocenters. The number of amides is 2. The summed E-state index contributed by atoms with van der Waals surface area (Å²) in [6, 6.07) is 9.88. The summed E-state index contributed by atoms with van der Waals surface area (Å²) < 4.78 is 0. The summed E-state index contributed by atoms with van der Waals surface area (Å²) in [5.74, 6) is 0.895. The number of carbonyl (C=O) groups excluding carboxylic acids is 2. The van der Waals surface area contributed by atoms with E-state index in [2.05, 4.69) is 17.4 Å². The predicted octanol–water partition coefficient (Wildman–Crippen LogP) is 1.67. The molecule has 2 amide bonds. The van der Waals surface area contributed by atoms with Gasteiger partial charge in [0.1, 0.15) is 12.1 Å². The molecule has 3 fully saturated rings. The van der Waals surface area contributed by atoms with Crippen molar-refractivity contribution < 1.29 is 9.59 Å². The number of carbonyl (C=O) groups is 2. The summed E-state index contributed by atoms with van der Waals surface area (Å²) >= 11 is 0. The van der Waals surface area contributed by atoms with Gasteiger partial charge in [0, 0.05) is 12.0 Å². The smallest absolute Gasteiger partial charge is 0.246 e. The van der Waals surface area contributed by atoms with Gasteiger partial charge in [0.05, 0.1) is 0 Å². The molecule has 3 aliphatic rings. The molecule has 21 heavy (non-hydrogen) atoms. The highest BCUT2D eigenvalue weighted by atomic mass is 16.2. The van der Waals surface area contributed by atoms with Crippen LogP contribution < -0.4 is 5.32 Å². The lowest BCUT2D eigenvalue weighted by Crippen LogP contribution is -2.63. The first-order chi connectivity index (χ1) is 10.2. The normalized spacial score (nSPS) is 35.6. The van der Waals surface area contributed by atoms with E-state index >= 15 is 0 Å². The van der Waals surface area contributed by atoms with Gasteiger partial charge in [-0.15, -0.1) is 0 Å². The van der Waals surface area contributed by atoms with Gasteiger partial charge in [-0.05, 0) is 37.7 Å². The van der Waals surface area contributed by atoms with E-state index in [-0.39, 0.29) is 29.9 Å². The zero-order valence-electron chi connectivity index (χ0n) is 12.2. The third-order valence-electron chi connectivity index (χ3n) is 5.05. The minimum Gasteiger partial charge on any atom is -0.342 e. The van der Waals surface area contributed by atoms with Gasteiger partial charge in [-0.1, -0.05) is 30.3 Å². The summed E-state index contributed by atoms with van der Waals surface area (Å²) in [4.78, 5) is 26.8. The second-order valence-electron chi connectivity index (χ2n) is 6.57. The topological polar surface area (TPSA) is 49.4 Å². The van der Waals surface area contributed by atoms with Gasteiger partial charge in [-0.3, -0.25) is 9.59 Å². The molecule has 1 aliphatic heterocycles. The molecule has 2 aliphatic carbocycles. The van der Waals surface area contributed by atoms with Gasteiger partial charge in [-0.25, -0.2) is 0 Å². The maximum Gasteiger partial charge on any atom is 0.246 e. The van der Waals surface area contributed by atoms with Crippen molar-refractivity contribution in [3.8, 4) is 0 Å². The van der Waals surface area contributed by atoms with Gasteiger partial charge in [0.15, 0.2) is 0 Å². The Morgan fingerprint density at radius 1 is 1.14 bits per heavy atom. The van der Waals surface area contributed by atoms with Crippen LogP contribution in [-0.2, 0) is 9.59 Å². The van der Waals surface area contributed by atoms with E-state index in [1.165, 1.54) is 5.56 Å². The van der Waals surface area contributed by atoms with Crippen LogP contribution in [0, 0.1) is 5.92 Å². The quantitative estimate of drug-likeness (QED) is 0.918. The molecule has 1 heterocycles. The minimum absolute atomic E-state index is 0.00483. The van der Waals surface area contributed by atoms with Crippen LogP contribution in [0.4, 0.5) is 0 Å². The van der Waals surface area contributed by atoms with Crippen molar-refractivity contribution in [2.24, 2.45) is 5.92 Å². The van der Waals surface area contributed by atoms with Gasteiger partial charge < -0.3 is 10.2 Å². The second-order valence-corrected chi connectivity index (χ2v) is 6.57. The maximum absolute atomic E-state index is 12.7. The highest BCUT2D eigenvalue weighted by Crippen LogP contribution is 2.47. The third-order valence-corrected chi connectivity index (χ3v) is 5.05. The monoisotopic (exact) mass is 284 g/mol. The molecule has 1 N–H and O–H groups in total. The van der Waals surface area contributed by atoms with E-state index in [1.54, 1.807) is 0 Å². The number of nitrogens with one attached hydrogen (secondary N) is 1. The highest BCUT2D eigenvalue weighted by molar-refractivity contribution is 5.97. The van der Waals surface area contributed by atoms with Gasteiger partial charge in [0.25, 0.3) is 0 Å². The summed E-state index contributed by atoms with van der Waals surface area (Å²) in [5.41, 5.74) is 1.27. The van der Waals surface area contributed by atoms with Crippen molar-refractivity contribution in [1.29, 1.82) is 0 Å². The molecule has 4 nitrogen and oxygen atoms in total. The zero-order chi connectivity index (χ0) is 14.6. The molecular formula is C17H20N2O2. The number of piperazine rings is 1. The fourth-order valence-electron chi connectivity index (χ4n) is 3.56. The van der Waals surface area contributed by atoms with Crippen molar-refractivity contribution in [2.75, 3.05) is 0 Å². The number of nitrogens with zero attached hydrogens (tertiary/aromatic N) is 1. The first-order valence-corrected chi connectivity index (χ1v) is 7.84. The number of benzene rings is 1. The molecule has 0 spiro atoms. The molecule has 0 radical (unpaired) electrons. The Kier molecular flexibility index (Phi) is 2.81. The molecule has 0 aromatic heterocycles. The maximum atomic E-state index is 12.7. The fraction of sp³-hybridized carbons (Fsp3) is 0.529. The van der Waals surface area contributed by atoms with Crippen LogP contribution in [0.1, 0.15) is 37.7 Å². The van der Waals surface area contributed by atoms with Crippen molar-refractivity contribution in [1.82, 2.24) is 10.2 Å². The SMILES string of the molecule is CC1C(=O)NC(C2CC2)C(=O)N1C1CC1c1ccccc1. The van der Waals surface area contributed by atoms with Gasteiger partial charge >= 0.3 is 0 Å². The summed E-state index contributed by atoms with van der Waals surface area (Å²) in [6.45, 7) is 1.84. The van der Waals surface area contributed by atoms with Crippen molar-refractivity contribution in [3.05, 3.63) is 35.9 Å². The molecule has 4 unspecified atom stereocenters.